The van der Waals surface area contributed by atoms with E-state index >= 15 is 0 Å². The molecule has 0 radical (unpaired) electrons. The third kappa shape index (κ3) is 3.76. The molecule has 0 spiro atoms. The van der Waals surface area contributed by atoms with E-state index in [1.807, 2.05) is 0 Å². The molecule has 4 nitrogen and oxygen atoms in total. The molecule has 0 aromatic heterocycles. The first-order valence-electron chi connectivity index (χ1n) is 9.17. The summed E-state index contributed by atoms with van der Waals surface area (Å²) in [4.78, 5) is 0. The summed E-state index contributed by atoms with van der Waals surface area (Å²) in [5, 5.41) is 9.96. The highest BCUT2D eigenvalue weighted by molar-refractivity contribution is 5.05. The minimum Gasteiger partial charge on any atom is -0.396 e. The van der Waals surface area contributed by atoms with Crippen LogP contribution in [0.25, 0.3) is 0 Å². The fourth-order valence-electron chi connectivity index (χ4n) is 5.51. The van der Waals surface area contributed by atoms with Crippen molar-refractivity contribution in [2.24, 2.45) is 28.6 Å². The third-order valence-electron chi connectivity index (χ3n) is 6.89. The largest absolute Gasteiger partial charge is 0.396 e. The predicted octanol–water partition coefficient (Wildman–Crippen LogP) is 3.47. The van der Waals surface area contributed by atoms with Gasteiger partial charge in [-0.2, -0.15) is 0 Å². The average molecular weight is 328 g/mol. The maximum atomic E-state index is 9.96. The van der Waals surface area contributed by atoms with Crippen LogP contribution < -0.4 is 0 Å². The van der Waals surface area contributed by atoms with Gasteiger partial charge in [0.2, 0.25) is 0 Å². The van der Waals surface area contributed by atoms with Crippen LogP contribution >= 0.6 is 0 Å². The van der Waals surface area contributed by atoms with Gasteiger partial charge in [-0.3, -0.25) is 0 Å². The van der Waals surface area contributed by atoms with Gasteiger partial charge in [0.15, 0.2) is 0 Å². The number of hydrogen-bond acceptors (Lipinski definition) is 4. The zero-order chi connectivity index (χ0) is 17.1. The van der Waals surface area contributed by atoms with E-state index in [-0.39, 0.29) is 16.9 Å². The van der Waals surface area contributed by atoms with Crippen molar-refractivity contribution in [3.63, 3.8) is 0 Å². The maximum absolute atomic E-state index is 9.96. The van der Waals surface area contributed by atoms with Crippen LogP contribution in [0.15, 0.2) is 0 Å². The Morgan fingerprint density at radius 1 is 1.09 bits per heavy atom. The molecule has 2 fully saturated rings. The Morgan fingerprint density at radius 2 is 1.83 bits per heavy atom. The van der Waals surface area contributed by atoms with E-state index in [1.165, 1.54) is 12.8 Å². The average Bonchev–Trinajstić information content (AvgIpc) is 2.48. The van der Waals surface area contributed by atoms with E-state index in [2.05, 4.69) is 27.7 Å². The summed E-state index contributed by atoms with van der Waals surface area (Å²) in [5.74, 6) is 1.63. The van der Waals surface area contributed by atoms with Crippen molar-refractivity contribution in [1.29, 1.82) is 0 Å². The molecule has 23 heavy (non-hydrogen) atoms. The van der Waals surface area contributed by atoms with Crippen LogP contribution in [0.3, 0.4) is 0 Å². The number of aliphatic hydroxyl groups is 1. The highest BCUT2D eigenvalue weighted by atomic mass is 16.7. The molecule has 0 unspecified atom stereocenters. The molecule has 4 heteroatoms. The summed E-state index contributed by atoms with van der Waals surface area (Å²) in [5.41, 5.74) is 0.345. The molecule has 0 aromatic carbocycles. The molecule has 1 N–H and O–H groups in total. The van der Waals surface area contributed by atoms with Gasteiger partial charge in [-0.05, 0) is 47.8 Å². The molecule has 2 saturated carbocycles. The molecule has 0 aromatic rings. The topological polar surface area (TPSA) is 47.9 Å². The van der Waals surface area contributed by atoms with Gasteiger partial charge in [0.05, 0.1) is 19.3 Å². The van der Waals surface area contributed by atoms with Crippen molar-refractivity contribution in [2.45, 2.75) is 59.5 Å². The van der Waals surface area contributed by atoms with Crippen molar-refractivity contribution >= 4 is 0 Å². The summed E-state index contributed by atoms with van der Waals surface area (Å²) in [6.45, 7) is 11.3. The molecule has 136 valence electrons. The second-order valence-corrected chi connectivity index (χ2v) is 8.44. The molecular weight excluding hydrogens is 292 g/mol. The molecule has 2 aliphatic carbocycles. The van der Waals surface area contributed by atoms with E-state index in [1.54, 1.807) is 7.11 Å². The molecular formula is C19H36O4. The van der Waals surface area contributed by atoms with Gasteiger partial charge >= 0.3 is 0 Å². The van der Waals surface area contributed by atoms with E-state index in [0.29, 0.717) is 44.4 Å². The Hall–Kier alpha value is -0.160. The predicted molar refractivity (Wildman–Crippen MR) is 91.2 cm³/mol. The van der Waals surface area contributed by atoms with Crippen molar-refractivity contribution < 1.29 is 19.3 Å². The molecule has 2 aliphatic rings. The van der Waals surface area contributed by atoms with Gasteiger partial charge in [-0.1, -0.05) is 34.1 Å². The normalized spacial score (nSPS) is 39.9. The Balaban J connectivity index is 2.01. The Morgan fingerprint density at radius 3 is 2.48 bits per heavy atom. The number of aliphatic hydroxyl groups excluding tert-OH is 1. The highest BCUT2D eigenvalue weighted by Gasteiger charge is 2.57. The summed E-state index contributed by atoms with van der Waals surface area (Å²) in [6.07, 6.45) is 4.88. The molecule has 5 atom stereocenters. The summed E-state index contributed by atoms with van der Waals surface area (Å²) in [7, 11) is 1.68. The molecule has 0 bridgehead atoms. The molecule has 2 rings (SSSR count). The lowest BCUT2D eigenvalue weighted by molar-refractivity contribution is -0.201. The van der Waals surface area contributed by atoms with Crippen LogP contribution in [0, 0.1) is 28.6 Å². The monoisotopic (exact) mass is 328 g/mol. The fourth-order valence-corrected chi connectivity index (χ4v) is 5.51. The first kappa shape index (κ1) is 19.2. The quantitative estimate of drug-likeness (QED) is 0.574. The number of ether oxygens (including phenoxy) is 3. The molecule has 0 aliphatic heterocycles. The minimum absolute atomic E-state index is 0.116. The van der Waals surface area contributed by atoms with Crippen LogP contribution in [-0.2, 0) is 14.2 Å². The van der Waals surface area contributed by atoms with Gasteiger partial charge in [0.1, 0.15) is 6.79 Å². The first-order valence-corrected chi connectivity index (χ1v) is 9.17. The standard InChI is InChI=1S/C19H36O4/c1-14-6-7-16-18(2,3)17(23-13-22-11-10-21-5)8-9-19(16,4)15(14)12-20/h14-17,20H,6-13H2,1-5H3/t14-,15-,16-,17-,19+/m0/s1. The van der Waals surface area contributed by atoms with Crippen molar-refractivity contribution in [3.05, 3.63) is 0 Å². The van der Waals surface area contributed by atoms with Gasteiger partial charge in [-0.25, -0.2) is 0 Å². The fraction of sp³-hybridized carbons (Fsp3) is 1.00. The summed E-state index contributed by atoms with van der Waals surface area (Å²) < 4.78 is 16.6. The second kappa shape index (κ2) is 7.81. The zero-order valence-electron chi connectivity index (χ0n) is 15.6. The van der Waals surface area contributed by atoms with Crippen LogP contribution in [-0.4, -0.2) is 44.9 Å². The van der Waals surface area contributed by atoms with Gasteiger partial charge < -0.3 is 19.3 Å². The van der Waals surface area contributed by atoms with Crippen LogP contribution in [0.1, 0.15) is 53.4 Å². The highest BCUT2D eigenvalue weighted by Crippen LogP contribution is 2.61. The van der Waals surface area contributed by atoms with Crippen molar-refractivity contribution in [2.75, 3.05) is 33.7 Å². The van der Waals surface area contributed by atoms with Crippen LogP contribution in [0.4, 0.5) is 0 Å². The summed E-state index contributed by atoms with van der Waals surface area (Å²) in [6, 6.07) is 0. The molecule has 0 amide bonds. The first-order chi connectivity index (χ1) is 10.9. The van der Waals surface area contributed by atoms with Gasteiger partial charge in [0, 0.05) is 13.7 Å². The van der Waals surface area contributed by atoms with Crippen LogP contribution in [0.5, 0.6) is 0 Å². The van der Waals surface area contributed by atoms with Gasteiger partial charge in [-0.15, -0.1) is 0 Å². The SMILES string of the molecule is COCCOCO[C@H]1CC[C@]2(C)[C@@H](CO)[C@@H](C)CC[C@H]2C1(C)C. The van der Waals surface area contributed by atoms with Gasteiger partial charge in [0.25, 0.3) is 0 Å². The lowest BCUT2D eigenvalue weighted by Gasteiger charge is -2.60. The minimum atomic E-state index is 0.116. The maximum Gasteiger partial charge on any atom is 0.147 e. The van der Waals surface area contributed by atoms with Crippen molar-refractivity contribution in [1.82, 2.24) is 0 Å². The molecule has 0 heterocycles. The second-order valence-electron chi connectivity index (χ2n) is 8.44. The van der Waals surface area contributed by atoms with E-state index in [4.69, 9.17) is 14.2 Å². The van der Waals surface area contributed by atoms with E-state index < -0.39 is 0 Å². The summed E-state index contributed by atoms with van der Waals surface area (Å²) >= 11 is 0. The Bertz CT molecular complexity index is 370. The van der Waals surface area contributed by atoms with Crippen molar-refractivity contribution in [3.8, 4) is 0 Å². The van der Waals surface area contributed by atoms with E-state index in [0.717, 1.165) is 12.8 Å². The number of hydrogen-bond donors (Lipinski definition) is 1. The number of rotatable bonds is 7. The number of methoxy groups -OCH3 is 1. The molecule has 0 saturated heterocycles. The number of fused-ring (bicyclic) bond motifs is 1. The van der Waals surface area contributed by atoms with E-state index in [9.17, 15) is 5.11 Å². The Labute approximate surface area is 141 Å². The lowest BCUT2D eigenvalue weighted by Crippen LogP contribution is -2.57. The zero-order valence-corrected chi connectivity index (χ0v) is 15.6. The third-order valence-corrected chi connectivity index (χ3v) is 6.89. The Kier molecular flexibility index (Phi) is 6.51. The van der Waals surface area contributed by atoms with Crippen LogP contribution in [0.2, 0.25) is 0 Å². The smallest absolute Gasteiger partial charge is 0.147 e. The lowest BCUT2D eigenvalue weighted by atomic mass is 9.46.